The molecular weight excluding hydrogens is 215 g/mol. The van der Waals surface area contributed by atoms with Gasteiger partial charge in [0.15, 0.2) is 0 Å². The third-order valence-corrected chi connectivity index (χ3v) is 2.25. The maximum atomic E-state index is 10.4. The van der Waals surface area contributed by atoms with Crippen molar-refractivity contribution >= 4 is 41.7 Å². The Hall–Kier alpha value is -0.130. The van der Waals surface area contributed by atoms with Gasteiger partial charge in [0.2, 0.25) is 5.24 Å². The molecule has 0 aromatic carbocycles. The Morgan fingerprint density at radius 2 is 1.64 bits per heavy atom. The second-order valence-electron chi connectivity index (χ2n) is 1.66. The summed E-state index contributed by atoms with van der Waals surface area (Å²) in [4.78, 5) is 20.5. The Labute approximate surface area is 72.9 Å². The molecule has 0 aliphatic rings. The topological polar surface area (TPSA) is 68.3 Å². The van der Waals surface area contributed by atoms with Crippen LogP contribution in [0.2, 0.25) is 0 Å². The zero-order valence-electron chi connectivity index (χ0n) is 5.21. The molecule has 0 spiro atoms. The van der Waals surface area contributed by atoms with Gasteiger partial charge in [-0.3, -0.25) is 9.59 Å². The normalized spacial score (nSPS) is 11.1. The van der Waals surface area contributed by atoms with Crippen LogP contribution in [-0.2, 0) is 18.6 Å². The zero-order valence-corrected chi connectivity index (χ0v) is 7.54. The molecule has 64 valence electrons. The number of hydrogen-bond acceptors (Lipinski definition) is 4. The highest BCUT2D eigenvalue weighted by atomic mass is 35.7. The third-order valence-electron chi connectivity index (χ3n) is 0.798. The van der Waals surface area contributed by atoms with Gasteiger partial charge in [-0.1, -0.05) is 0 Å². The monoisotopic (exact) mass is 218 g/mol. The van der Waals surface area contributed by atoms with Crippen molar-refractivity contribution in [1.82, 2.24) is 0 Å². The molecule has 11 heavy (non-hydrogen) atoms. The minimum Gasteiger partial charge on any atom is -0.281 e. The van der Waals surface area contributed by atoms with E-state index < -0.39 is 25.8 Å². The first-order valence-corrected chi connectivity index (χ1v) is 5.18. The molecule has 0 aromatic rings. The predicted molar refractivity (Wildman–Crippen MR) is 39.9 cm³/mol. The Kier molecular flexibility index (Phi) is 3.99. The Morgan fingerprint density at radius 3 is 1.91 bits per heavy atom. The van der Waals surface area contributed by atoms with E-state index in [4.69, 9.17) is 11.6 Å². The van der Waals surface area contributed by atoms with Gasteiger partial charge in [0.1, 0.15) is 0 Å². The van der Waals surface area contributed by atoms with Gasteiger partial charge in [0.25, 0.3) is 14.2 Å². The Morgan fingerprint density at radius 1 is 1.18 bits per heavy atom. The lowest BCUT2D eigenvalue weighted by Gasteiger charge is -1.90. The average Bonchev–Trinajstić information content (AvgIpc) is 1.80. The molecule has 0 saturated heterocycles. The van der Waals surface area contributed by atoms with Crippen molar-refractivity contribution in [2.45, 2.75) is 12.8 Å². The lowest BCUT2D eigenvalue weighted by atomic mass is 10.4. The first kappa shape index (κ1) is 10.9. The quantitative estimate of drug-likeness (QED) is 0.652. The fourth-order valence-corrected chi connectivity index (χ4v) is 0.994. The lowest BCUT2D eigenvalue weighted by molar-refractivity contribution is -0.116. The molecular formula is C4H4Cl2O4S. The first-order valence-electron chi connectivity index (χ1n) is 2.50. The summed E-state index contributed by atoms with van der Waals surface area (Å²) in [7, 11) is 0.459. The largest absolute Gasteiger partial charge is 0.294 e. The molecule has 0 bridgehead atoms. The van der Waals surface area contributed by atoms with Gasteiger partial charge in [-0.15, -0.1) is 0 Å². The van der Waals surface area contributed by atoms with Crippen LogP contribution in [0.15, 0.2) is 0 Å². The smallest absolute Gasteiger partial charge is 0.281 e. The lowest BCUT2D eigenvalue weighted by Crippen LogP contribution is -2.08. The number of rotatable bonds is 3. The van der Waals surface area contributed by atoms with Gasteiger partial charge in [0.05, 0.1) is 0 Å². The number of halogens is 2. The molecule has 0 fully saturated rings. The van der Waals surface area contributed by atoms with Crippen molar-refractivity contribution in [3.8, 4) is 0 Å². The van der Waals surface area contributed by atoms with Crippen LogP contribution < -0.4 is 0 Å². The van der Waals surface area contributed by atoms with Crippen molar-refractivity contribution in [3.05, 3.63) is 0 Å². The molecule has 0 unspecified atom stereocenters. The van der Waals surface area contributed by atoms with Gasteiger partial charge < -0.3 is 0 Å². The fraction of sp³-hybridized carbons (Fsp3) is 0.500. The molecule has 0 saturated carbocycles. The maximum Gasteiger partial charge on any atom is 0.294 e. The summed E-state index contributed by atoms with van der Waals surface area (Å²) < 4.78 is 20.4. The molecule has 0 aromatic heterocycles. The van der Waals surface area contributed by atoms with E-state index in [2.05, 4.69) is 10.7 Å². The van der Waals surface area contributed by atoms with E-state index in [0.717, 1.165) is 0 Å². The molecule has 4 nitrogen and oxygen atoms in total. The Balaban J connectivity index is 4.02. The average molecular weight is 219 g/mol. The van der Waals surface area contributed by atoms with Crippen LogP contribution in [0.1, 0.15) is 12.8 Å². The van der Waals surface area contributed by atoms with Crippen molar-refractivity contribution in [1.29, 1.82) is 0 Å². The van der Waals surface area contributed by atoms with E-state index in [0.29, 0.717) is 0 Å². The van der Waals surface area contributed by atoms with Crippen LogP contribution in [0, 0.1) is 0 Å². The second kappa shape index (κ2) is 4.04. The summed E-state index contributed by atoms with van der Waals surface area (Å²) in [5.41, 5.74) is 0. The third kappa shape index (κ3) is 5.17. The van der Waals surface area contributed by atoms with Gasteiger partial charge in [-0.05, 0) is 11.6 Å². The van der Waals surface area contributed by atoms with Crippen molar-refractivity contribution < 1.29 is 18.0 Å². The van der Waals surface area contributed by atoms with Gasteiger partial charge in [-0.2, -0.15) is 0 Å². The standard InChI is InChI=1S/C4H4Cl2O4S/c5-3(7)1-2-4(8)11(6,9)10/h1-2H2. The van der Waals surface area contributed by atoms with Crippen LogP contribution >= 0.6 is 22.3 Å². The van der Waals surface area contributed by atoms with Gasteiger partial charge >= 0.3 is 0 Å². The molecule has 0 atom stereocenters. The van der Waals surface area contributed by atoms with Crippen molar-refractivity contribution in [2.24, 2.45) is 0 Å². The van der Waals surface area contributed by atoms with E-state index in [1.54, 1.807) is 0 Å². The van der Waals surface area contributed by atoms with Gasteiger partial charge in [0, 0.05) is 23.5 Å². The SMILES string of the molecule is O=C(Cl)CCC(=O)S(=O)(=O)Cl. The van der Waals surface area contributed by atoms with Crippen LogP contribution in [0.5, 0.6) is 0 Å². The zero-order chi connectivity index (χ0) is 9.07. The van der Waals surface area contributed by atoms with E-state index in [1.807, 2.05) is 0 Å². The molecule has 0 N–H and O–H groups in total. The van der Waals surface area contributed by atoms with E-state index >= 15 is 0 Å². The van der Waals surface area contributed by atoms with Crippen LogP contribution in [0.3, 0.4) is 0 Å². The second-order valence-corrected chi connectivity index (χ2v) is 4.64. The van der Waals surface area contributed by atoms with E-state index in [1.165, 1.54) is 0 Å². The minimum absolute atomic E-state index is 0.313. The van der Waals surface area contributed by atoms with E-state index in [-0.39, 0.29) is 6.42 Å². The molecule has 7 heteroatoms. The molecule has 0 radical (unpaired) electrons. The number of carbonyl (C=O) groups is 2. The van der Waals surface area contributed by atoms with Crippen molar-refractivity contribution in [3.63, 3.8) is 0 Å². The van der Waals surface area contributed by atoms with E-state index in [9.17, 15) is 18.0 Å². The highest BCUT2D eigenvalue weighted by Gasteiger charge is 2.18. The predicted octanol–water partition coefficient (Wildman–Crippen LogP) is 0.627. The van der Waals surface area contributed by atoms with Crippen molar-refractivity contribution in [2.75, 3.05) is 0 Å². The molecule has 0 heterocycles. The molecule has 0 aliphatic heterocycles. The first-order chi connectivity index (χ1) is 4.84. The maximum absolute atomic E-state index is 10.4. The van der Waals surface area contributed by atoms with Gasteiger partial charge in [-0.25, -0.2) is 8.42 Å². The molecule has 0 rings (SSSR count). The summed E-state index contributed by atoms with van der Waals surface area (Å²) in [6.45, 7) is 0. The minimum atomic E-state index is -4.18. The van der Waals surface area contributed by atoms with Crippen LogP contribution in [-0.4, -0.2) is 18.8 Å². The number of carbonyl (C=O) groups excluding carboxylic acids is 2. The van der Waals surface area contributed by atoms with Crippen LogP contribution in [0.25, 0.3) is 0 Å². The summed E-state index contributed by atoms with van der Waals surface area (Å²) in [6, 6.07) is 0. The molecule has 0 aliphatic carbocycles. The summed E-state index contributed by atoms with van der Waals surface area (Å²) in [6.07, 6.45) is -0.777. The summed E-state index contributed by atoms with van der Waals surface area (Å²) in [5.74, 6) is 0. The summed E-state index contributed by atoms with van der Waals surface area (Å²) in [5, 5.41) is -1.95. The summed E-state index contributed by atoms with van der Waals surface area (Å²) >= 11 is 4.84. The highest BCUT2D eigenvalue weighted by molar-refractivity contribution is 8.25. The number of hydrogen-bond donors (Lipinski definition) is 0. The van der Waals surface area contributed by atoms with Crippen LogP contribution in [0.4, 0.5) is 0 Å². The fourth-order valence-electron chi connectivity index (χ4n) is 0.322. The molecule has 0 amide bonds. The highest BCUT2D eigenvalue weighted by Crippen LogP contribution is 2.05. The Bertz CT molecular complexity index is 268.